The molecular formula is C19H37N3O5Si2. The van der Waals surface area contributed by atoms with Crippen molar-refractivity contribution < 1.29 is 18.7 Å². The fraction of sp³-hybridized carbons (Fsp3) is 0.789. The Morgan fingerprint density at radius 2 is 1.76 bits per heavy atom. The van der Waals surface area contributed by atoms with Crippen LogP contribution in [0.3, 0.4) is 0 Å². The molecule has 3 N–H and O–H groups in total. The Balaban J connectivity index is 2.31. The molecule has 4 unspecified atom stereocenters. The van der Waals surface area contributed by atoms with E-state index in [1.54, 1.807) is 12.3 Å². The lowest BCUT2D eigenvalue weighted by atomic mass is 10.1. The van der Waals surface area contributed by atoms with Crippen LogP contribution in [0.25, 0.3) is 0 Å². The van der Waals surface area contributed by atoms with Crippen molar-refractivity contribution in [1.82, 2.24) is 9.55 Å². The maximum atomic E-state index is 12.4. The fourth-order valence-electron chi connectivity index (χ4n) is 3.31. The van der Waals surface area contributed by atoms with Crippen LogP contribution >= 0.6 is 0 Å². The summed E-state index contributed by atoms with van der Waals surface area (Å²) in [6.07, 6.45) is -1.32. The molecule has 0 spiro atoms. The Bertz CT molecular complexity index is 724. The van der Waals surface area contributed by atoms with Gasteiger partial charge in [0, 0.05) is 6.20 Å². The van der Waals surface area contributed by atoms with Crippen molar-refractivity contribution in [2.75, 3.05) is 12.3 Å². The molecule has 29 heavy (non-hydrogen) atoms. The maximum Gasteiger partial charge on any atom is 0.351 e. The molecule has 10 heteroatoms. The molecular weight excluding hydrogens is 406 g/mol. The molecule has 0 radical (unpaired) electrons. The monoisotopic (exact) mass is 443 g/mol. The van der Waals surface area contributed by atoms with Gasteiger partial charge in [-0.15, -0.1) is 0 Å². The summed E-state index contributed by atoms with van der Waals surface area (Å²) >= 11 is 0. The molecule has 1 aromatic heterocycles. The number of anilines is 1. The van der Waals surface area contributed by atoms with E-state index in [1.807, 2.05) is 0 Å². The van der Waals surface area contributed by atoms with E-state index in [0.717, 1.165) is 24.2 Å². The molecule has 2 heterocycles. The number of nitrogens with zero attached hydrogens (tertiary/aromatic N) is 2. The van der Waals surface area contributed by atoms with Gasteiger partial charge in [-0.25, -0.2) is 4.79 Å². The number of hydrogen-bond donors (Lipinski definition) is 2. The number of rotatable bonds is 10. The minimum Gasteiger partial charge on any atom is -0.414 e. The number of aliphatic hydroxyl groups is 1. The highest BCUT2D eigenvalue weighted by molar-refractivity contribution is 6.72. The van der Waals surface area contributed by atoms with E-state index in [-0.39, 0.29) is 12.4 Å². The summed E-state index contributed by atoms with van der Waals surface area (Å²) in [5, 5.41) is 11.1. The first-order valence-electron chi connectivity index (χ1n) is 10.6. The SMILES string of the molecule is CC[Si](C)(CC)OCC1OC(n2ccc(N)nc2=O)C(O[Si](C)(CC)CC)C1O. The van der Waals surface area contributed by atoms with Gasteiger partial charge in [0.05, 0.1) is 6.61 Å². The third-order valence-electron chi connectivity index (χ3n) is 6.45. The summed E-state index contributed by atoms with van der Waals surface area (Å²) in [6, 6.07) is 5.35. The van der Waals surface area contributed by atoms with Gasteiger partial charge in [0.2, 0.25) is 0 Å². The third-order valence-corrected chi connectivity index (χ3v) is 14.1. The van der Waals surface area contributed by atoms with Crippen molar-refractivity contribution in [1.29, 1.82) is 0 Å². The van der Waals surface area contributed by atoms with E-state index in [1.165, 1.54) is 4.57 Å². The first kappa shape index (κ1) is 24.2. The van der Waals surface area contributed by atoms with E-state index >= 15 is 0 Å². The van der Waals surface area contributed by atoms with E-state index in [2.05, 4.69) is 45.8 Å². The molecule has 1 aliphatic rings. The van der Waals surface area contributed by atoms with Gasteiger partial charge < -0.3 is 24.4 Å². The van der Waals surface area contributed by atoms with Crippen molar-refractivity contribution in [2.24, 2.45) is 0 Å². The Labute approximate surface area is 175 Å². The highest BCUT2D eigenvalue weighted by atomic mass is 28.4. The summed E-state index contributed by atoms with van der Waals surface area (Å²) in [5.41, 5.74) is 5.11. The van der Waals surface area contributed by atoms with Gasteiger partial charge in [-0.2, -0.15) is 4.98 Å². The van der Waals surface area contributed by atoms with Gasteiger partial charge in [-0.3, -0.25) is 4.57 Å². The van der Waals surface area contributed by atoms with E-state index in [9.17, 15) is 9.90 Å². The normalized spacial score (nSPS) is 25.5. The van der Waals surface area contributed by atoms with Gasteiger partial charge in [-0.1, -0.05) is 27.7 Å². The van der Waals surface area contributed by atoms with Crippen molar-refractivity contribution in [3.63, 3.8) is 0 Å². The highest BCUT2D eigenvalue weighted by Crippen LogP contribution is 2.35. The zero-order valence-corrected chi connectivity index (χ0v) is 20.6. The Hall–Kier alpha value is -1.05. The Kier molecular flexibility index (Phi) is 8.22. The maximum absolute atomic E-state index is 12.4. The predicted octanol–water partition coefficient (Wildman–Crippen LogP) is 2.72. The number of aliphatic hydroxyl groups excluding tert-OH is 1. The van der Waals surface area contributed by atoms with Gasteiger partial charge in [-0.05, 0) is 43.3 Å². The first-order chi connectivity index (χ1) is 13.6. The largest absolute Gasteiger partial charge is 0.414 e. The Morgan fingerprint density at radius 3 is 2.28 bits per heavy atom. The van der Waals surface area contributed by atoms with Gasteiger partial charge >= 0.3 is 5.69 Å². The average molecular weight is 444 g/mol. The van der Waals surface area contributed by atoms with Crippen LogP contribution in [0.4, 0.5) is 5.82 Å². The molecule has 0 saturated carbocycles. The summed E-state index contributed by atoms with van der Waals surface area (Å²) in [5.74, 6) is 0.149. The van der Waals surface area contributed by atoms with Crippen LogP contribution in [0.1, 0.15) is 33.9 Å². The second kappa shape index (κ2) is 9.84. The minimum absolute atomic E-state index is 0.149. The van der Waals surface area contributed by atoms with E-state index < -0.39 is 46.9 Å². The molecule has 0 aromatic carbocycles. The smallest absolute Gasteiger partial charge is 0.351 e. The summed E-state index contributed by atoms with van der Waals surface area (Å²) < 4.78 is 20.2. The summed E-state index contributed by atoms with van der Waals surface area (Å²) in [6.45, 7) is 13.1. The van der Waals surface area contributed by atoms with Crippen molar-refractivity contribution in [2.45, 2.75) is 89.5 Å². The second-order valence-electron chi connectivity index (χ2n) is 8.31. The second-order valence-corrected chi connectivity index (χ2v) is 17.5. The fourth-order valence-corrected chi connectivity index (χ4v) is 6.53. The lowest BCUT2D eigenvalue weighted by Crippen LogP contribution is -2.46. The number of hydrogen-bond acceptors (Lipinski definition) is 7. The number of nitrogen functional groups attached to an aromatic ring is 1. The van der Waals surface area contributed by atoms with Crippen LogP contribution in [-0.4, -0.2) is 56.2 Å². The van der Waals surface area contributed by atoms with Gasteiger partial charge in [0.15, 0.2) is 22.9 Å². The van der Waals surface area contributed by atoms with Crippen molar-refractivity contribution >= 4 is 22.5 Å². The Morgan fingerprint density at radius 1 is 1.17 bits per heavy atom. The summed E-state index contributed by atoms with van der Waals surface area (Å²) in [4.78, 5) is 16.2. The van der Waals surface area contributed by atoms with Crippen molar-refractivity contribution in [3.8, 4) is 0 Å². The van der Waals surface area contributed by atoms with Crippen LogP contribution in [-0.2, 0) is 13.6 Å². The van der Waals surface area contributed by atoms with Crippen LogP contribution in [0.5, 0.6) is 0 Å². The third kappa shape index (κ3) is 5.56. The first-order valence-corrected chi connectivity index (χ1v) is 16.3. The molecule has 1 aromatic rings. The van der Waals surface area contributed by atoms with Crippen LogP contribution in [0.15, 0.2) is 17.1 Å². The molecule has 4 atom stereocenters. The van der Waals surface area contributed by atoms with Crippen LogP contribution < -0.4 is 11.4 Å². The topological polar surface area (TPSA) is 109 Å². The quantitative estimate of drug-likeness (QED) is 0.535. The standard InChI is InChI=1S/C19H37N3O5Si2/c1-7-28(5,8-2)25-13-14-16(23)17(27-29(6,9-3)10-4)18(26-14)22-12-11-15(20)21-19(22)24/h11-12,14,16-18,23H,7-10,13H2,1-6H3,(H2,20,21,24). The molecule has 8 nitrogen and oxygen atoms in total. The predicted molar refractivity (Wildman–Crippen MR) is 119 cm³/mol. The van der Waals surface area contributed by atoms with E-state index in [4.69, 9.17) is 19.3 Å². The van der Waals surface area contributed by atoms with Crippen molar-refractivity contribution in [3.05, 3.63) is 22.7 Å². The lowest BCUT2D eigenvalue weighted by molar-refractivity contribution is -0.0507. The number of ether oxygens (including phenoxy) is 1. The lowest BCUT2D eigenvalue weighted by Gasteiger charge is -2.32. The van der Waals surface area contributed by atoms with Crippen LogP contribution in [0.2, 0.25) is 37.3 Å². The molecule has 1 saturated heterocycles. The van der Waals surface area contributed by atoms with Gasteiger partial charge in [0.25, 0.3) is 0 Å². The number of aromatic nitrogens is 2. The molecule has 1 aliphatic heterocycles. The molecule has 166 valence electrons. The van der Waals surface area contributed by atoms with E-state index in [0.29, 0.717) is 0 Å². The molecule has 1 fully saturated rings. The molecule has 0 amide bonds. The molecule has 2 rings (SSSR count). The zero-order valence-electron chi connectivity index (χ0n) is 18.6. The molecule has 0 aliphatic carbocycles. The highest BCUT2D eigenvalue weighted by Gasteiger charge is 2.49. The van der Waals surface area contributed by atoms with Gasteiger partial charge in [0.1, 0.15) is 24.1 Å². The number of nitrogens with two attached hydrogens (primary N) is 1. The average Bonchev–Trinajstić information content (AvgIpc) is 3.01. The zero-order chi connectivity index (χ0) is 21.8. The molecule has 0 bridgehead atoms. The van der Waals surface area contributed by atoms with Crippen LogP contribution in [0, 0.1) is 0 Å². The summed E-state index contributed by atoms with van der Waals surface area (Å²) in [7, 11) is -3.86. The minimum atomic E-state index is -2.04.